The predicted octanol–water partition coefficient (Wildman–Crippen LogP) is 2.15. The van der Waals surface area contributed by atoms with E-state index in [1.165, 1.54) is 4.90 Å². The average molecular weight is 282 g/mol. The van der Waals surface area contributed by atoms with Crippen molar-refractivity contribution in [2.24, 2.45) is 0 Å². The highest BCUT2D eigenvalue weighted by Crippen LogP contribution is 2.30. The average Bonchev–Trinajstić information content (AvgIpc) is 3.05. The molecule has 19 heavy (non-hydrogen) atoms. The van der Waals surface area contributed by atoms with Crippen LogP contribution in [-0.2, 0) is 0 Å². The number of hydrogen-bond acceptors (Lipinski definition) is 3. The zero-order valence-electron chi connectivity index (χ0n) is 11.9. The van der Waals surface area contributed by atoms with Crippen LogP contribution in [0.4, 0.5) is 13.2 Å². The van der Waals surface area contributed by atoms with E-state index >= 15 is 0 Å². The van der Waals surface area contributed by atoms with Crippen molar-refractivity contribution in [3.8, 4) is 0 Å². The molecule has 0 spiro atoms. The second kappa shape index (κ2) is 6.41. The monoisotopic (exact) mass is 282 g/mol. The van der Waals surface area contributed by atoms with Gasteiger partial charge in [-0.2, -0.15) is 13.2 Å². The van der Waals surface area contributed by atoms with Gasteiger partial charge in [0.05, 0.1) is 13.2 Å². The lowest BCUT2D eigenvalue weighted by atomic mass is 9.97. The largest absolute Gasteiger partial charge is 0.401 e. The van der Waals surface area contributed by atoms with Gasteiger partial charge in [0.2, 0.25) is 0 Å². The minimum absolute atomic E-state index is 0.0728. The first-order chi connectivity index (χ1) is 8.65. The van der Waals surface area contributed by atoms with E-state index in [4.69, 9.17) is 0 Å². The lowest BCUT2D eigenvalue weighted by Crippen LogP contribution is -2.51. The van der Waals surface area contributed by atoms with Gasteiger partial charge in [0.25, 0.3) is 0 Å². The molecule has 1 aliphatic carbocycles. The van der Waals surface area contributed by atoms with Crippen LogP contribution in [0.1, 0.15) is 40.0 Å². The SMILES string of the molecule is CC(C)NC(C)(CO)CCN(CC(F)(F)F)C1CC1. The number of aliphatic hydroxyl groups is 1. The maximum atomic E-state index is 12.5. The summed E-state index contributed by atoms with van der Waals surface area (Å²) in [6, 6.07) is 0.262. The van der Waals surface area contributed by atoms with Gasteiger partial charge in [-0.3, -0.25) is 4.90 Å². The Kier molecular flexibility index (Phi) is 5.65. The third-order valence-electron chi connectivity index (χ3n) is 3.38. The van der Waals surface area contributed by atoms with E-state index in [0.717, 1.165) is 12.8 Å². The summed E-state index contributed by atoms with van der Waals surface area (Å²) in [7, 11) is 0. The molecule has 0 aliphatic heterocycles. The van der Waals surface area contributed by atoms with Crippen LogP contribution in [0.2, 0.25) is 0 Å². The van der Waals surface area contributed by atoms with Crippen molar-refractivity contribution in [3.63, 3.8) is 0 Å². The van der Waals surface area contributed by atoms with Crippen LogP contribution in [0.15, 0.2) is 0 Å². The topological polar surface area (TPSA) is 35.5 Å². The molecule has 0 amide bonds. The normalized spacial score (nSPS) is 20.1. The van der Waals surface area contributed by atoms with E-state index in [-0.39, 0.29) is 18.7 Å². The number of alkyl halides is 3. The molecule has 3 nitrogen and oxygen atoms in total. The van der Waals surface area contributed by atoms with Gasteiger partial charge in [-0.1, -0.05) is 13.8 Å². The molecule has 0 heterocycles. The fraction of sp³-hybridized carbons (Fsp3) is 1.00. The molecule has 0 aromatic rings. The van der Waals surface area contributed by atoms with Gasteiger partial charge in [0.15, 0.2) is 0 Å². The summed E-state index contributed by atoms with van der Waals surface area (Å²) < 4.78 is 37.5. The fourth-order valence-electron chi connectivity index (χ4n) is 2.34. The standard InChI is InChI=1S/C13H25F3N2O/c1-10(2)17-12(3,9-19)6-7-18(11-4-5-11)8-13(14,15)16/h10-11,17,19H,4-9H2,1-3H3. The van der Waals surface area contributed by atoms with Crippen LogP contribution >= 0.6 is 0 Å². The fourth-order valence-corrected chi connectivity index (χ4v) is 2.34. The quantitative estimate of drug-likeness (QED) is 0.716. The zero-order chi connectivity index (χ0) is 14.7. The molecule has 2 N–H and O–H groups in total. The van der Waals surface area contributed by atoms with Crippen LogP contribution < -0.4 is 5.32 Å². The summed E-state index contributed by atoms with van der Waals surface area (Å²) in [6.07, 6.45) is -1.94. The molecule has 1 atom stereocenters. The van der Waals surface area contributed by atoms with Crippen LogP contribution in [0.25, 0.3) is 0 Å². The van der Waals surface area contributed by atoms with Crippen LogP contribution in [0, 0.1) is 0 Å². The second-order valence-corrected chi connectivity index (χ2v) is 6.08. The molecular weight excluding hydrogens is 257 g/mol. The molecule has 6 heteroatoms. The van der Waals surface area contributed by atoms with Crippen LogP contribution in [-0.4, -0.2) is 53.5 Å². The molecule has 1 saturated carbocycles. The van der Waals surface area contributed by atoms with Crippen molar-refractivity contribution < 1.29 is 18.3 Å². The van der Waals surface area contributed by atoms with Crippen molar-refractivity contribution in [2.75, 3.05) is 19.7 Å². The number of rotatable bonds is 8. The maximum Gasteiger partial charge on any atom is 0.401 e. The van der Waals surface area contributed by atoms with Gasteiger partial charge in [0, 0.05) is 24.2 Å². The van der Waals surface area contributed by atoms with E-state index in [1.54, 1.807) is 0 Å². The van der Waals surface area contributed by atoms with Gasteiger partial charge in [-0.15, -0.1) is 0 Å². The van der Waals surface area contributed by atoms with E-state index in [9.17, 15) is 18.3 Å². The number of nitrogens with zero attached hydrogens (tertiary/aromatic N) is 1. The van der Waals surface area contributed by atoms with Gasteiger partial charge in [-0.05, 0) is 26.2 Å². The van der Waals surface area contributed by atoms with Crippen molar-refractivity contribution in [1.82, 2.24) is 10.2 Å². The van der Waals surface area contributed by atoms with E-state index < -0.39 is 18.3 Å². The number of nitrogens with one attached hydrogen (secondary N) is 1. The van der Waals surface area contributed by atoms with Crippen molar-refractivity contribution in [3.05, 3.63) is 0 Å². The Bertz CT molecular complexity index is 280. The number of aliphatic hydroxyl groups excluding tert-OH is 1. The molecule has 1 aliphatic rings. The maximum absolute atomic E-state index is 12.5. The Balaban J connectivity index is 2.50. The third kappa shape index (κ3) is 6.58. The molecule has 0 aromatic carbocycles. The lowest BCUT2D eigenvalue weighted by Gasteiger charge is -2.34. The highest BCUT2D eigenvalue weighted by Gasteiger charge is 2.38. The lowest BCUT2D eigenvalue weighted by molar-refractivity contribution is -0.147. The molecule has 1 rings (SSSR count). The van der Waals surface area contributed by atoms with Gasteiger partial charge < -0.3 is 10.4 Å². The van der Waals surface area contributed by atoms with Crippen molar-refractivity contribution in [1.29, 1.82) is 0 Å². The second-order valence-electron chi connectivity index (χ2n) is 6.08. The minimum atomic E-state index is -4.15. The molecule has 114 valence electrons. The molecule has 1 fully saturated rings. The number of halogens is 3. The minimum Gasteiger partial charge on any atom is -0.394 e. The van der Waals surface area contributed by atoms with E-state index in [0.29, 0.717) is 13.0 Å². The zero-order valence-corrected chi connectivity index (χ0v) is 11.9. The highest BCUT2D eigenvalue weighted by atomic mass is 19.4. The summed E-state index contributed by atoms with van der Waals surface area (Å²) in [4.78, 5) is 1.50. The molecule has 0 bridgehead atoms. The Hall–Kier alpha value is -0.330. The Morgan fingerprint density at radius 1 is 1.32 bits per heavy atom. The highest BCUT2D eigenvalue weighted by molar-refractivity contribution is 4.90. The van der Waals surface area contributed by atoms with Gasteiger partial charge in [-0.25, -0.2) is 0 Å². The van der Waals surface area contributed by atoms with Crippen molar-refractivity contribution >= 4 is 0 Å². The summed E-state index contributed by atoms with van der Waals surface area (Å²) in [5.74, 6) is 0. The first-order valence-corrected chi connectivity index (χ1v) is 6.84. The number of hydrogen-bond donors (Lipinski definition) is 2. The summed E-state index contributed by atoms with van der Waals surface area (Å²) in [5.41, 5.74) is -0.521. The molecule has 0 radical (unpaired) electrons. The molecule has 0 aromatic heterocycles. The van der Waals surface area contributed by atoms with Crippen molar-refractivity contribution in [2.45, 2.75) is 63.8 Å². The summed E-state index contributed by atoms with van der Waals surface area (Å²) in [6.45, 7) is 5.22. The first-order valence-electron chi connectivity index (χ1n) is 6.84. The van der Waals surface area contributed by atoms with Gasteiger partial charge in [0.1, 0.15) is 0 Å². The molecular formula is C13H25F3N2O. The summed E-state index contributed by atoms with van der Waals surface area (Å²) >= 11 is 0. The predicted molar refractivity (Wildman–Crippen MR) is 69.0 cm³/mol. The van der Waals surface area contributed by atoms with E-state index in [2.05, 4.69) is 5.32 Å². The summed E-state index contributed by atoms with van der Waals surface area (Å²) in [5, 5.41) is 12.7. The van der Waals surface area contributed by atoms with E-state index in [1.807, 2.05) is 20.8 Å². The molecule has 0 saturated heterocycles. The third-order valence-corrected chi connectivity index (χ3v) is 3.38. The van der Waals surface area contributed by atoms with Gasteiger partial charge >= 0.3 is 6.18 Å². The van der Waals surface area contributed by atoms with Crippen LogP contribution in [0.5, 0.6) is 0 Å². The van der Waals surface area contributed by atoms with Crippen LogP contribution in [0.3, 0.4) is 0 Å². The Morgan fingerprint density at radius 2 is 1.89 bits per heavy atom. The molecule has 1 unspecified atom stereocenters. The Labute approximate surface area is 113 Å². The first kappa shape index (κ1) is 16.7. The Morgan fingerprint density at radius 3 is 2.26 bits per heavy atom. The smallest absolute Gasteiger partial charge is 0.394 e.